The minimum absolute atomic E-state index is 0.0988. The van der Waals surface area contributed by atoms with E-state index in [0.717, 1.165) is 74.7 Å². The minimum Gasteiger partial charge on any atom is -0.495 e. The maximum atomic E-state index is 13.2. The fraction of sp³-hybridized carbons (Fsp3) is 0.567. The summed E-state index contributed by atoms with van der Waals surface area (Å²) in [5, 5.41) is 11.9. The average Bonchev–Trinajstić information content (AvgIpc) is 3.72. The molecule has 3 aromatic rings. The highest BCUT2D eigenvalue weighted by Crippen LogP contribution is 2.40. The zero-order valence-electron chi connectivity index (χ0n) is 25.0. The van der Waals surface area contributed by atoms with E-state index in [2.05, 4.69) is 49.0 Å². The smallest absolute Gasteiger partial charge is 0.249 e. The highest BCUT2D eigenvalue weighted by Gasteiger charge is 2.41. The summed E-state index contributed by atoms with van der Waals surface area (Å²) in [5.74, 6) is 3.02. The van der Waals surface area contributed by atoms with E-state index in [4.69, 9.17) is 14.1 Å². The zero-order valence-corrected chi connectivity index (χ0v) is 25.0. The summed E-state index contributed by atoms with van der Waals surface area (Å²) in [6, 6.07) is 5.79. The number of piperazine rings is 1. The molecule has 4 heterocycles. The van der Waals surface area contributed by atoms with Crippen molar-refractivity contribution in [3.63, 3.8) is 0 Å². The molecule has 1 atom stereocenters. The first kappa shape index (κ1) is 28.4. The molecule has 1 N–H and O–H groups in total. The number of methoxy groups -OCH3 is 1. The van der Waals surface area contributed by atoms with E-state index >= 15 is 0 Å². The lowest BCUT2D eigenvalue weighted by atomic mass is 10.0. The van der Waals surface area contributed by atoms with E-state index in [0.29, 0.717) is 36.1 Å². The van der Waals surface area contributed by atoms with E-state index in [1.807, 2.05) is 25.2 Å². The number of ether oxygens (including phenoxy) is 1. The Morgan fingerprint density at radius 2 is 1.83 bits per heavy atom. The van der Waals surface area contributed by atoms with Gasteiger partial charge < -0.3 is 29.2 Å². The van der Waals surface area contributed by atoms with Crippen LogP contribution in [-0.4, -0.2) is 94.8 Å². The number of anilines is 4. The summed E-state index contributed by atoms with van der Waals surface area (Å²) in [6.45, 7) is 10.1. The van der Waals surface area contributed by atoms with Gasteiger partial charge in [0.1, 0.15) is 17.5 Å². The van der Waals surface area contributed by atoms with Crippen LogP contribution in [-0.2, 0) is 11.3 Å². The Morgan fingerprint density at radius 1 is 1.07 bits per heavy atom. The van der Waals surface area contributed by atoms with Crippen molar-refractivity contribution < 1.29 is 13.9 Å². The van der Waals surface area contributed by atoms with Crippen molar-refractivity contribution in [2.75, 3.05) is 62.0 Å². The molecule has 0 spiro atoms. The molecule has 6 rings (SSSR count). The number of nitrogens with zero attached hydrogens (tertiary/aromatic N) is 8. The van der Waals surface area contributed by atoms with Crippen molar-refractivity contribution in [2.24, 2.45) is 0 Å². The third-order valence-corrected chi connectivity index (χ3v) is 8.84. The van der Waals surface area contributed by atoms with Crippen LogP contribution in [0.2, 0.25) is 0 Å². The van der Waals surface area contributed by atoms with Crippen LogP contribution in [0.15, 0.2) is 28.8 Å². The first-order chi connectivity index (χ1) is 20.5. The molecular formula is C30H41N9O3. The van der Waals surface area contributed by atoms with Crippen molar-refractivity contribution in [1.82, 2.24) is 30.0 Å². The maximum Gasteiger partial charge on any atom is 0.249 e. The predicted molar refractivity (Wildman–Crippen MR) is 161 cm³/mol. The van der Waals surface area contributed by atoms with Crippen molar-refractivity contribution in [1.29, 1.82) is 0 Å². The fourth-order valence-corrected chi connectivity index (χ4v) is 6.38. The summed E-state index contributed by atoms with van der Waals surface area (Å²) in [5.41, 5.74) is 2.23. The number of aromatic nitrogens is 4. The van der Waals surface area contributed by atoms with E-state index < -0.39 is 0 Å². The summed E-state index contributed by atoms with van der Waals surface area (Å²) >= 11 is 0. The molecule has 42 heavy (non-hydrogen) atoms. The molecule has 3 aliphatic rings. The van der Waals surface area contributed by atoms with Gasteiger partial charge in [-0.15, -0.1) is 10.2 Å². The number of fused-ring (bicyclic) bond motifs is 1. The number of likely N-dealkylation sites (N-methyl/N-ethyl adjacent to an activating group) is 2. The standard InChI is InChI=1S/C30H41N9O3/c1-5-23-29(40)36(3)24-18-31-30(33-27(24)39(23)21-9-7-8-10-21)32-22-12-11-20(17-25(22)41-4)28-35-34-26(42-28)19-38-15-13-37(6-2)14-16-38/h11-12,17-18,21,23H,5-10,13-16,19H2,1-4H3,(H,31,32,33)/t23-/m1/s1. The Kier molecular flexibility index (Phi) is 8.25. The SMILES string of the molecule is CC[C@@H]1C(=O)N(C)c2cnc(Nc3ccc(-c4nnc(CN5CCN(CC)CC5)o4)cc3OC)nc2N1C1CCCC1. The third kappa shape index (κ3) is 5.52. The van der Waals surface area contributed by atoms with Crippen LogP contribution in [0.5, 0.6) is 5.75 Å². The van der Waals surface area contributed by atoms with Crippen LogP contribution in [0.25, 0.3) is 11.5 Å². The van der Waals surface area contributed by atoms with Crippen molar-refractivity contribution in [3.05, 3.63) is 30.3 Å². The van der Waals surface area contributed by atoms with Gasteiger partial charge in [-0.2, -0.15) is 4.98 Å². The molecule has 2 aliphatic heterocycles. The Morgan fingerprint density at radius 3 is 2.55 bits per heavy atom. The first-order valence-corrected chi connectivity index (χ1v) is 15.1. The number of hydrogen-bond acceptors (Lipinski definition) is 11. The average molecular weight is 576 g/mol. The van der Waals surface area contributed by atoms with Gasteiger partial charge in [-0.1, -0.05) is 26.7 Å². The topological polar surface area (TPSA) is 116 Å². The minimum atomic E-state index is -0.220. The fourth-order valence-electron chi connectivity index (χ4n) is 6.38. The van der Waals surface area contributed by atoms with Gasteiger partial charge in [-0.05, 0) is 44.0 Å². The van der Waals surface area contributed by atoms with Gasteiger partial charge in [-0.25, -0.2) is 4.98 Å². The number of hydrogen-bond donors (Lipinski definition) is 1. The van der Waals surface area contributed by atoms with E-state index in [1.54, 1.807) is 18.2 Å². The van der Waals surface area contributed by atoms with E-state index in [9.17, 15) is 4.79 Å². The second-order valence-corrected chi connectivity index (χ2v) is 11.3. The summed E-state index contributed by atoms with van der Waals surface area (Å²) in [4.78, 5) is 31.4. The molecule has 0 bridgehead atoms. The largest absolute Gasteiger partial charge is 0.495 e. The highest BCUT2D eigenvalue weighted by molar-refractivity contribution is 6.04. The van der Waals surface area contributed by atoms with Crippen LogP contribution in [0.1, 0.15) is 51.8 Å². The first-order valence-electron chi connectivity index (χ1n) is 15.1. The highest BCUT2D eigenvalue weighted by atomic mass is 16.5. The van der Waals surface area contributed by atoms with Crippen LogP contribution in [0.3, 0.4) is 0 Å². The number of rotatable bonds is 9. The molecular weight excluding hydrogens is 534 g/mol. The van der Waals surface area contributed by atoms with Crippen LogP contribution < -0.4 is 19.9 Å². The van der Waals surface area contributed by atoms with Crippen molar-refractivity contribution in [3.8, 4) is 17.2 Å². The molecule has 1 amide bonds. The normalized spacial score (nSPS) is 20.3. The van der Waals surface area contributed by atoms with Gasteiger partial charge >= 0.3 is 0 Å². The Hall–Kier alpha value is -3.77. The lowest BCUT2D eigenvalue weighted by Gasteiger charge is -2.43. The lowest BCUT2D eigenvalue weighted by Crippen LogP contribution is -2.55. The molecule has 2 fully saturated rings. The van der Waals surface area contributed by atoms with Gasteiger partial charge in [0.15, 0.2) is 5.82 Å². The van der Waals surface area contributed by atoms with Gasteiger partial charge in [0.05, 0.1) is 25.5 Å². The molecule has 1 saturated carbocycles. The van der Waals surface area contributed by atoms with Gasteiger partial charge in [0.25, 0.3) is 0 Å². The van der Waals surface area contributed by atoms with Crippen LogP contribution in [0, 0.1) is 0 Å². The monoisotopic (exact) mass is 575 g/mol. The van der Waals surface area contributed by atoms with Gasteiger partial charge in [-0.3, -0.25) is 9.69 Å². The molecule has 1 aromatic carbocycles. The molecule has 0 unspecified atom stereocenters. The van der Waals surface area contributed by atoms with Crippen molar-refractivity contribution >= 4 is 29.0 Å². The Balaban J connectivity index is 1.21. The molecule has 224 valence electrons. The zero-order chi connectivity index (χ0) is 29.2. The molecule has 2 aromatic heterocycles. The number of carbonyl (C=O) groups is 1. The third-order valence-electron chi connectivity index (χ3n) is 8.84. The molecule has 0 radical (unpaired) electrons. The molecule has 12 nitrogen and oxygen atoms in total. The summed E-state index contributed by atoms with van der Waals surface area (Å²) in [7, 11) is 3.44. The number of amides is 1. The van der Waals surface area contributed by atoms with Crippen molar-refractivity contribution in [2.45, 2.75) is 64.6 Å². The molecule has 1 saturated heterocycles. The predicted octanol–water partition coefficient (Wildman–Crippen LogP) is 3.92. The molecule has 12 heteroatoms. The van der Waals surface area contributed by atoms with E-state index in [1.165, 1.54) is 12.8 Å². The van der Waals surface area contributed by atoms with Gasteiger partial charge in [0.2, 0.25) is 23.6 Å². The number of benzene rings is 1. The number of nitrogens with one attached hydrogen (secondary N) is 1. The second-order valence-electron chi connectivity index (χ2n) is 11.3. The lowest BCUT2D eigenvalue weighted by molar-refractivity contribution is -0.120. The second kappa shape index (κ2) is 12.2. The van der Waals surface area contributed by atoms with Crippen LogP contribution >= 0.6 is 0 Å². The molecule has 1 aliphatic carbocycles. The number of carbonyl (C=O) groups excluding carboxylic acids is 1. The van der Waals surface area contributed by atoms with Gasteiger partial charge in [0, 0.05) is 44.8 Å². The maximum absolute atomic E-state index is 13.2. The quantitative estimate of drug-likeness (QED) is 0.400. The van der Waals surface area contributed by atoms with Crippen LogP contribution in [0.4, 0.5) is 23.1 Å². The van der Waals surface area contributed by atoms with E-state index in [-0.39, 0.29) is 11.9 Å². The Bertz CT molecular complexity index is 1400. The summed E-state index contributed by atoms with van der Waals surface area (Å²) in [6.07, 6.45) is 6.96. The summed E-state index contributed by atoms with van der Waals surface area (Å²) < 4.78 is 11.8. The Labute approximate surface area is 247 Å².